The molecule has 12 heteroatoms. The SMILES string of the molecule is O=C(CNS(=O)(=O)c1ccc(OC(F)(F)F)cc1)Nc1ccc(F)cc1F. The molecule has 0 aliphatic carbocycles. The number of anilines is 1. The molecular formula is C15H11F5N2O4S. The first-order chi connectivity index (χ1) is 12.5. The zero-order valence-electron chi connectivity index (χ0n) is 13.2. The third kappa shape index (κ3) is 6.18. The lowest BCUT2D eigenvalue weighted by Crippen LogP contribution is -2.33. The Morgan fingerprint density at radius 2 is 1.67 bits per heavy atom. The van der Waals surface area contributed by atoms with Crippen LogP contribution in [0.1, 0.15) is 0 Å². The summed E-state index contributed by atoms with van der Waals surface area (Å²) in [5.41, 5.74) is -0.353. The fourth-order valence-electron chi connectivity index (χ4n) is 1.85. The van der Waals surface area contributed by atoms with Crippen LogP contribution in [0.4, 0.5) is 27.6 Å². The van der Waals surface area contributed by atoms with E-state index in [1.165, 1.54) is 0 Å². The monoisotopic (exact) mass is 410 g/mol. The van der Waals surface area contributed by atoms with Crippen LogP contribution in [0.5, 0.6) is 5.75 Å². The third-order valence-electron chi connectivity index (χ3n) is 3.00. The van der Waals surface area contributed by atoms with Crippen LogP contribution in [0.25, 0.3) is 0 Å². The van der Waals surface area contributed by atoms with Gasteiger partial charge in [-0.2, -0.15) is 0 Å². The van der Waals surface area contributed by atoms with E-state index in [9.17, 15) is 35.2 Å². The highest BCUT2D eigenvalue weighted by Crippen LogP contribution is 2.23. The van der Waals surface area contributed by atoms with E-state index >= 15 is 0 Å². The molecule has 2 aromatic rings. The van der Waals surface area contributed by atoms with Gasteiger partial charge in [-0.15, -0.1) is 13.2 Å². The van der Waals surface area contributed by atoms with Crippen LogP contribution in [-0.2, 0) is 14.8 Å². The van der Waals surface area contributed by atoms with Gasteiger partial charge in [0.15, 0.2) is 0 Å². The molecule has 0 spiro atoms. The second-order valence-electron chi connectivity index (χ2n) is 5.02. The summed E-state index contributed by atoms with van der Waals surface area (Å²) in [6.07, 6.45) is -4.92. The molecule has 0 unspecified atom stereocenters. The number of ether oxygens (including phenoxy) is 1. The number of halogens is 5. The number of carbonyl (C=O) groups excluding carboxylic acids is 1. The molecule has 146 valence electrons. The Labute approximate surface area is 150 Å². The van der Waals surface area contributed by atoms with Gasteiger partial charge in [0.1, 0.15) is 17.4 Å². The third-order valence-corrected chi connectivity index (χ3v) is 4.41. The molecular weight excluding hydrogens is 399 g/mol. The molecule has 0 heterocycles. The highest BCUT2D eigenvalue weighted by molar-refractivity contribution is 7.89. The van der Waals surface area contributed by atoms with E-state index in [-0.39, 0.29) is 5.69 Å². The Morgan fingerprint density at radius 1 is 1.04 bits per heavy atom. The van der Waals surface area contributed by atoms with Crippen LogP contribution in [0.3, 0.4) is 0 Å². The van der Waals surface area contributed by atoms with Crippen LogP contribution in [0.15, 0.2) is 47.4 Å². The minimum absolute atomic E-state index is 0.353. The Kier molecular flexibility index (Phi) is 6.01. The van der Waals surface area contributed by atoms with E-state index in [2.05, 4.69) is 4.74 Å². The number of carbonyl (C=O) groups is 1. The van der Waals surface area contributed by atoms with Crippen molar-refractivity contribution in [2.45, 2.75) is 11.3 Å². The predicted octanol–water partition coefficient (Wildman–Crippen LogP) is 2.78. The van der Waals surface area contributed by atoms with E-state index in [1.54, 1.807) is 0 Å². The molecule has 0 bridgehead atoms. The molecule has 2 rings (SSSR count). The van der Waals surface area contributed by atoms with Gasteiger partial charge in [-0.1, -0.05) is 0 Å². The second-order valence-corrected chi connectivity index (χ2v) is 6.78. The molecule has 0 atom stereocenters. The summed E-state index contributed by atoms with van der Waals surface area (Å²) in [4.78, 5) is 11.3. The van der Waals surface area contributed by atoms with Gasteiger partial charge in [0.25, 0.3) is 0 Å². The smallest absolute Gasteiger partial charge is 0.406 e. The molecule has 2 N–H and O–H groups in total. The van der Waals surface area contributed by atoms with Crippen molar-refractivity contribution in [3.8, 4) is 5.75 Å². The first kappa shape index (κ1) is 20.6. The zero-order valence-corrected chi connectivity index (χ0v) is 14.0. The van der Waals surface area contributed by atoms with Crippen molar-refractivity contribution in [1.29, 1.82) is 0 Å². The lowest BCUT2D eigenvalue weighted by atomic mass is 10.3. The van der Waals surface area contributed by atoms with Crippen molar-refractivity contribution in [3.05, 3.63) is 54.1 Å². The van der Waals surface area contributed by atoms with Crippen molar-refractivity contribution >= 4 is 21.6 Å². The molecule has 0 aliphatic rings. The molecule has 0 saturated carbocycles. The maximum atomic E-state index is 13.4. The summed E-state index contributed by atoms with van der Waals surface area (Å²) in [7, 11) is -4.23. The summed E-state index contributed by atoms with van der Waals surface area (Å²) >= 11 is 0. The quantitative estimate of drug-likeness (QED) is 0.718. The summed E-state index contributed by atoms with van der Waals surface area (Å²) in [5, 5.41) is 2.04. The van der Waals surface area contributed by atoms with E-state index in [4.69, 9.17) is 0 Å². The summed E-state index contributed by atoms with van der Waals surface area (Å²) < 4.78 is 92.0. The van der Waals surface area contributed by atoms with Crippen LogP contribution in [0, 0.1) is 11.6 Å². The highest BCUT2D eigenvalue weighted by Gasteiger charge is 2.31. The number of rotatable bonds is 6. The van der Waals surface area contributed by atoms with Crippen LogP contribution < -0.4 is 14.8 Å². The van der Waals surface area contributed by atoms with Gasteiger partial charge in [0, 0.05) is 6.07 Å². The fraction of sp³-hybridized carbons (Fsp3) is 0.133. The first-order valence-corrected chi connectivity index (χ1v) is 8.55. The number of benzene rings is 2. The average molecular weight is 410 g/mol. The van der Waals surface area contributed by atoms with Gasteiger partial charge in [-0.25, -0.2) is 21.9 Å². The van der Waals surface area contributed by atoms with Crippen LogP contribution >= 0.6 is 0 Å². The number of sulfonamides is 1. The number of hydrogen-bond donors (Lipinski definition) is 2. The summed E-state index contributed by atoms with van der Waals surface area (Å²) in [5.74, 6) is -3.47. The Morgan fingerprint density at radius 3 is 2.22 bits per heavy atom. The Balaban J connectivity index is 1.98. The normalized spacial score (nSPS) is 11.9. The minimum atomic E-state index is -4.92. The number of hydrogen-bond acceptors (Lipinski definition) is 4. The van der Waals surface area contributed by atoms with Crippen molar-refractivity contribution in [2.24, 2.45) is 0 Å². The number of alkyl halides is 3. The largest absolute Gasteiger partial charge is 0.573 e. The van der Waals surface area contributed by atoms with Gasteiger partial charge in [0.2, 0.25) is 15.9 Å². The Hall–Kier alpha value is -2.73. The minimum Gasteiger partial charge on any atom is -0.406 e. The van der Waals surface area contributed by atoms with Gasteiger partial charge in [0.05, 0.1) is 17.1 Å². The molecule has 6 nitrogen and oxygen atoms in total. The van der Waals surface area contributed by atoms with Gasteiger partial charge < -0.3 is 10.1 Å². The highest BCUT2D eigenvalue weighted by atomic mass is 32.2. The lowest BCUT2D eigenvalue weighted by Gasteiger charge is -2.10. The van der Waals surface area contributed by atoms with Crippen molar-refractivity contribution in [3.63, 3.8) is 0 Å². The van der Waals surface area contributed by atoms with Crippen molar-refractivity contribution in [2.75, 3.05) is 11.9 Å². The summed E-state index contributed by atoms with van der Waals surface area (Å²) in [6, 6.07) is 5.65. The number of nitrogens with one attached hydrogen (secondary N) is 2. The fourth-order valence-corrected chi connectivity index (χ4v) is 2.83. The van der Waals surface area contributed by atoms with Gasteiger partial charge in [-0.3, -0.25) is 4.79 Å². The van der Waals surface area contributed by atoms with Crippen LogP contribution in [0.2, 0.25) is 0 Å². The van der Waals surface area contributed by atoms with E-state index in [1.807, 2.05) is 10.0 Å². The standard InChI is InChI=1S/C15H11F5N2O4S/c16-9-1-6-13(12(17)7-9)22-14(23)8-21-27(24,25)11-4-2-10(3-5-11)26-15(18,19)20/h1-7,21H,8H2,(H,22,23). The van der Waals surface area contributed by atoms with E-state index < -0.39 is 51.1 Å². The molecule has 0 aromatic heterocycles. The topological polar surface area (TPSA) is 84.5 Å². The molecule has 2 aromatic carbocycles. The molecule has 27 heavy (non-hydrogen) atoms. The predicted molar refractivity (Wildman–Crippen MR) is 83.3 cm³/mol. The molecule has 0 radical (unpaired) electrons. The van der Waals surface area contributed by atoms with Gasteiger partial charge >= 0.3 is 6.36 Å². The van der Waals surface area contributed by atoms with Gasteiger partial charge in [-0.05, 0) is 36.4 Å². The van der Waals surface area contributed by atoms with E-state index in [0.29, 0.717) is 6.07 Å². The lowest BCUT2D eigenvalue weighted by molar-refractivity contribution is -0.274. The average Bonchev–Trinajstić information content (AvgIpc) is 2.55. The maximum Gasteiger partial charge on any atom is 0.573 e. The zero-order chi connectivity index (χ0) is 20.2. The first-order valence-electron chi connectivity index (χ1n) is 7.07. The Bertz CT molecular complexity index is 930. The van der Waals surface area contributed by atoms with E-state index in [0.717, 1.165) is 36.4 Å². The summed E-state index contributed by atoms with van der Waals surface area (Å²) in [6.45, 7) is -0.792. The maximum absolute atomic E-state index is 13.4. The van der Waals surface area contributed by atoms with Crippen LogP contribution in [-0.4, -0.2) is 27.2 Å². The molecule has 0 fully saturated rings. The molecule has 0 aliphatic heterocycles. The molecule has 0 saturated heterocycles. The second kappa shape index (κ2) is 7.88. The molecule has 1 amide bonds. The van der Waals surface area contributed by atoms with Crippen molar-refractivity contribution in [1.82, 2.24) is 4.72 Å². The number of amides is 1. The van der Waals surface area contributed by atoms with Crippen molar-refractivity contribution < 1.29 is 39.9 Å².